The fraction of sp³-hybridized carbons (Fsp3) is 0.364. The van der Waals surface area contributed by atoms with Crippen LogP contribution in [0.2, 0.25) is 0 Å². The van der Waals surface area contributed by atoms with Crippen LogP contribution in [0.5, 0.6) is 0 Å². The minimum Gasteiger partial charge on any atom is -0.385 e. The monoisotopic (exact) mass is 398 g/mol. The standard InChI is InChI=1S/C22H30N4O3/c1-5-16-7-9-17(10-8-16)24-22(28)25-18-11-12-20(26(2)3)19(15-18)21(27)23-13-6-14-29-4/h7-12,15H,5-6,13-14H2,1-4H3,(H,23,27)(H2,24,25,28). The Morgan fingerprint density at radius 1 is 1.00 bits per heavy atom. The number of anilines is 3. The molecular formula is C22H30N4O3. The highest BCUT2D eigenvalue weighted by Crippen LogP contribution is 2.23. The fourth-order valence-electron chi connectivity index (χ4n) is 2.82. The number of nitrogens with zero attached hydrogens (tertiary/aromatic N) is 1. The molecule has 7 nitrogen and oxygen atoms in total. The lowest BCUT2D eigenvalue weighted by atomic mass is 10.1. The molecule has 3 N–H and O–H groups in total. The molecule has 0 saturated carbocycles. The number of carbonyl (C=O) groups is 2. The van der Waals surface area contributed by atoms with E-state index in [4.69, 9.17) is 4.74 Å². The molecule has 0 fully saturated rings. The van der Waals surface area contributed by atoms with Gasteiger partial charge in [0.05, 0.1) is 5.56 Å². The first-order valence-corrected chi connectivity index (χ1v) is 9.70. The second-order valence-corrected chi connectivity index (χ2v) is 6.86. The highest BCUT2D eigenvalue weighted by molar-refractivity contribution is 6.03. The molecule has 0 aliphatic rings. The van der Waals surface area contributed by atoms with Crippen LogP contribution in [-0.4, -0.2) is 46.3 Å². The van der Waals surface area contributed by atoms with Crippen molar-refractivity contribution in [3.8, 4) is 0 Å². The number of amides is 3. The average molecular weight is 399 g/mol. The summed E-state index contributed by atoms with van der Waals surface area (Å²) in [5, 5.41) is 8.48. The highest BCUT2D eigenvalue weighted by Gasteiger charge is 2.14. The number of benzene rings is 2. The molecule has 7 heteroatoms. The topological polar surface area (TPSA) is 82.7 Å². The zero-order chi connectivity index (χ0) is 21.2. The molecule has 0 aliphatic heterocycles. The van der Waals surface area contributed by atoms with E-state index in [0.717, 1.165) is 18.5 Å². The number of rotatable bonds is 9. The largest absolute Gasteiger partial charge is 0.385 e. The quantitative estimate of drug-likeness (QED) is 0.562. The van der Waals surface area contributed by atoms with Gasteiger partial charge in [-0.3, -0.25) is 4.79 Å². The van der Waals surface area contributed by atoms with Crippen LogP contribution >= 0.6 is 0 Å². The molecule has 3 amide bonds. The Morgan fingerprint density at radius 2 is 1.66 bits per heavy atom. The summed E-state index contributed by atoms with van der Waals surface area (Å²) in [4.78, 5) is 26.8. The number of urea groups is 1. The van der Waals surface area contributed by atoms with Gasteiger partial charge in [0.1, 0.15) is 0 Å². The number of hydrogen-bond acceptors (Lipinski definition) is 4. The molecule has 2 aromatic carbocycles. The molecule has 0 saturated heterocycles. The van der Waals surface area contributed by atoms with Crippen molar-refractivity contribution in [1.82, 2.24) is 5.32 Å². The van der Waals surface area contributed by atoms with E-state index in [-0.39, 0.29) is 11.9 Å². The van der Waals surface area contributed by atoms with Gasteiger partial charge in [-0.1, -0.05) is 19.1 Å². The van der Waals surface area contributed by atoms with Gasteiger partial charge in [-0.15, -0.1) is 0 Å². The lowest BCUT2D eigenvalue weighted by molar-refractivity contribution is 0.0949. The van der Waals surface area contributed by atoms with Crippen LogP contribution in [0, 0.1) is 0 Å². The summed E-state index contributed by atoms with van der Waals surface area (Å²) >= 11 is 0. The maximum absolute atomic E-state index is 12.6. The zero-order valence-corrected chi connectivity index (χ0v) is 17.5. The number of hydrogen-bond donors (Lipinski definition) is 3. The Balaban J connectivity index is 2.07. The molecule has 156 valence electrons. The number of aryl methyl sites for hydroxylation is 1. The van der Waals surface area contributed by atoms with E-state index in [1.54, 1.807) is 19.2 Å². The van der Waals surface area contributed by atoms with Crippen LogP contribution in [0.1, 0.15) is 29.3 Å². The summed E-state index contributed by atoms with van der Waals surface area (Å²) in [5.74, 6) is -0.191. The predicted octanol–water partition coefficient (Wildman–Crippen LogP) is 3.73. The van der Waals surface area contributed by atoms with E-state index in [1.807, 2.05) is 49.3 Å². The second-order valence-electron chi connectivity index (χ2n) is 6.86. The Hall–Kier alpha value is -3.06. The van der Waals surface area contributed by atoms with Crippen LogP contribution in [-0.2, 0) is 11.2 Å². The maximum Gasteiger partial charge on any atom is 0.323 e. The molecule has 0 aromatic heterocycles. The number of nitrogens with one attached hydrogen (secondary N) is 3. The lowest BCUT2D eigenvalue weighted by Gasteiger charge is -2.18. The number of methoxy groups -OCH3 is 1. The zero-order valence-electron chi connectivity index (χ0n) is 17.5. The normalized spacial score (nSPS) is 10.3. The Morgan fingerprint density at radius 3 is 2.28 bits per heavy atom. The molecular weight excluding hydrogens is 368 g/mol. The maximum atomic E-state index is 12.6. The third kappa shape index (κ3) is 6.80. The van der Waals surface area contributed by atoms with Crippen LogP contribution in [0.25, 0.3) is 0 Å². The minimum absolute atomic E-state index is 0.191. The molecule has 0 atom stereocenters. The van der Waals surface area contributed by atoms with Gasteiger partial charge in [0.2, 0.25) is 0 Å². The van der Waals surface area contributed by atoms with Crippen molar-refractivity contribution in [2.24, 2.45) is 0 Å². The Kier molecular flexibility index (Phi) is 8.48. The van der Waals surface area contributed by atoms with E-state index >= 15 is 0 Å². The summed E-state index contributed by atoms with van der Waals surface area (Å²) in [7, 11) is 5.37. The second kappa shape index (κ2) is 11.1. The van der Waals surface area contributed by atoms with Crippen LogP contribution in [0.15, 0.2) is 42.5 Å². The van der Waals surface area contributed by atoms with Crippen LogP contribution in [0.4, 0.5) is 21.9 Å². The van der Waals surface area contributed by atoms with Crippen molar-refractivity contribution in [3.63, 3.8) is 0 Å². The van der Waals surface area contributed by atoms with Gasteiger partial charge in [0, 0.05) is 51.4 Å². The van der Waals surface area contributed by atoms with Gasteiger partial charge >= 0.3 is 6.03 Å². The third-order valence-corrected chi connectivity index (χ3v) is 4.41. The fourth-order valence-corrected chi connectivity index (χ4v) is 2.82. The Labute approximate surface area is 172 Å². The van der Waals surface area contributed by atoms with Crippen molar-refractivity contribution < 1.29 is 14.3 Å². The molecule has 0 heterocycles. The van der Waals surface area contributed by atoms with Crippen molar-refractivity contribution in [1.29, 1.82) is 0 Å². The first kappa shape index (κ1) is 22.2. The predicted molar refractivity (Wildman–Crippen MR) is 118 cm³/mol. The van der Waals surface area contributed by atoms with Crippen molar-refractivity contribution in [3.05, 3.63) is 53.6 Å². The summed E-state index contributed by atoms with van der Waals surface area (Å²) in [6, 6.07) is 12.6. The van der Waals surface area contributed by atoms with Gasteiger partial charge < -0.3 is 25.6 Å². The van der Waals surface area contributed by atoms with Gasteiger partial charge in [0.15, 0.2) is 0 Å². The third-order valence-electron chi connectivity index (χ3n) is 4.41. The number of ether oxygens (including phenoxy) is 1. The summed E-state index contributed by atoms with van der Waals surface area (Å²) < 4.78 is 5.00. The summed E-state index contributed by atoms with van der Waals surface area (Å²) in [6.07, 6.45) is 1.68. The van der Waals surface area contributed by atoms with Gasteiger partial charge in [-0.25, -0.2) is 4.79 Å². The van der Waals surface area contributed by atoms with Crippen LogP contribution < -0.4 is 20.9 Å². The van der Waals surface area contributed by atoms with E-state index < -0.39 is 0 Å². The summed E-state index contributed by atoms with van der Waals surface area (Å²) in [6.45, 7) is 3.19. The number of carbonyl (C=O) groups excluding carboxylic acids is 2. The van der Waals surface area contributed by atoms with E-state index in [1.165, 1.54) is 5.56 Å². The van der Waals surface area contributed by atoms with E-state index in [0.29, 0.717) is 30.1 Å². The highest BCUT2D eigenvalue weighted by atomic mass is 16.5. The molecule has 29 heavy (non-hydrogen) atoms. The van der Waals surface area contributed by atoms with E-state index in [9.17, 15) is 9.59 Å². The smallest absolute Gasteiger partial charge is 0.323 e. The minimum atomic E-state index is -0.363. The summed E-state index contributed by atoms with van der Waals surface area (Å²) in [5.41, 5.74) is 3.73. The Bertz CT molecular complexity index is 819. The molecule has 0 aliphatic carbocycles. The molecule has 0 radical (unpaired) electrons. The first-order chi connectivity index (χ1) is 13.9. The average Bonchev–Trinajstić information content (AvgIpc) is 2.71. The van der Waals surface area contributed by atoms with E-state index in [2.05, 4.69) is 22.9 Å². The first-order valence-electron chi connectivity index (χ1n) is 9.70. The molecule has 0 spiro atoms. The van der Waals surface area contributed by atoms with Crippen molar-refractivity contribution in [2.45, 2.75) is 19.8 Å². The lowest BCUT2D eigenvalue weighted by Crippen LogP contribution is -2.27. The molecule has 0 unspecified atom stereocenters. The van der Waals surface area contributed by atoms with Crippen LogP contribution in [0.3, 0.4) is 0 Å². The van der Waals surface area contributed by atoms with Gasteiger partial charge in [0.25, 0.3) is 5.91 Å². The molecule has 2 aromatic rings. The SMILES string of the molecule is CCc1ccc(NC(=O)Nc2ccc(N(C)C)c(C(=O)NCCCOC)c2)cc1. The molecule has 0 bridgehead atoms. The molecule has 2 rings (SSSR count). The van der Waals surface area contributed by atoms with Gasteiger partial charge in [-0.05, 0) is 48.7 Å². The van der Waals surface area contributed by atoms with Gasteiger partial charge in [-0.2, -0.15) is 0 Å². The van der Waals surface area contributed by atoms with Crippen molar-refractivity contribution in [2.75, 3.05) is 49.9 Å². The van der Waals surface area contributed by atoms with Crippen molar-refractivity contribution >= 4 is 29.0 Å².